The van der Waals surface area contributed by atoms with Crippen LogP contribution < -0.4 is 19.7 Å². The molecule has 1 N–H and O–H groups in total. The maximum atomic E-state index is 13.7. The summed E-state index contributed by atoms with van der Waals surface area (Å²) in [6, 6.07) is 16.7. The summed E-state index contributed by atoms with van der Waals surface area (Å²) in [5.74, 6) is 0.726. The van der Waals surface area contributed by atoms with Gasteiger partial charge in [-0.25, -0.2) is 0 Å². The van der Waals surface area contributed by atoms with Gasteiger partial charge in [-0.05, 0) is 54.8 Å². The third-order valence-electron chi connectivity index (χ3n) is 5.92. The molecule has 1 heterocycles. The van der Waals surface area contributed by atoms with Crippen molar-refractivity contribution in [2.75, 3.05) is 19.1 Å². The smallest absolute Gasteiger partial charge is 0.294 e. The Labute approximate surface area is 193 Å². The fraction of sp³-hybridized carbons (Fsp3) is 0.308. The zero-order valence-electron chi connectivity index (χ0n) is 18.8. The molecular formula is C26H28N2O5. The molecule has 1 aliphatic carbocycles. The summed E-state index contributed by atoms with van der Waals surface area (Å²) < 4.78 is 16.1. The Morgan fingerprint density at radius 3 is 2.33 bits per heavy atom. The Morgan fingerprint density at radius 2 is 1.70 bits per heavy atom. The third kappa shape index (κ3) is 5.03. The first kappa shape index (κ1) is 22.5. The van der Waals surface area contributed by atoms with E-state index in [9.17, 15) is 9.59 Å². The number of rotatable bonds is 8. The second-order valence-electron chi connectivity index (χ2n) is 8.02. The number of hydrogen-bond donors (Lipinski definition) is 1. The van der Waals surface area contributed by atoms with Crippen molar-refractivity contribution in [1.29, 1.82) is 0 Å². The fourth-order valence-corrected chi connectivity index (χ4v) is 4.22. The number of carbonyl (C=O) groups excluding carboxylic acids is 2. The summed E-state index contributed by atoms with van der Waals surface area (Å²) in [5, 5.41) is 3.16. The van der Waals surface area contributed by atoms with Crippen molar-refractivity contribution in [3.8, 4) is 11.5 Å². The Kier molecular flexibility index (Phi) is 6.98. The topological polar surface area (TPSA) is 81.0 Å². The average molecular weight is 449 g/mol. The molecule has 4 rings (SSSR count). The number of ether oxygens (including phenoxy) is 2. The van der Waals surface area contributed by atoms with Gasteiger partial charge in [-0.2, -0.15) is 0 Å². The highest BCUT2D eigenvalue weighted by Gasteiger charge is 2.36. The maximum Gasteiger partial charge on any atom is 0.294 e. The van der Waals surface area contributed by atoms with Crippen molar-refractivity contribution in [1.82, 2.24) is 5.32 Å². The zero-order chi connectivity index (χ0) is 23.2. The molecule has 0 saturated heterocycles. The minimum Gasteiger partial charge on any atom is -0.497 e. The molecule has 0 radical (unpaired) electrons. The van der Waals surface area contributed by atoms with E-state index in [1.807, 2.05) is 0 Å². The van der Waals surface area contributed by atoms with Crippen LogP contribution in [0.25, 0.3) is 0 Å². The number of methoxy groups -OCH3 is 2. The fourth-order valence-electron chi connectivity index (χ4n) is 4.22. The van der Waals surface area contributed by atoms with Gasteiger partial charge in [-0.15, -0.1) is 0 Å². The molecule has 1 aromatic heterocycles. The lowest BCUT2D eigenvalue weighted by Crippen LogP contribution is -2.46. The molecule has 1 atom stereocenters. The summed E-state index contributed by atoms with van der Waals surface area (Å²) in [7, 11) is 3.15. The van der Waals surface area contributed by atoms with E-state index in [2.05, 4.69) is 5.32 Å². The van der Waals surface area contributed by atoms with Gasteiger partial charge in [-0.3, -0.25) is 14.5 Å². The van der Waals surface area contributed by atoms with Crippen molar-refractivity contribution in [2.45, 2.75) is 37.8 Å². The predicted molar refractivity (Wildman–Crippen MR) is 125 cm³/mol. The largest absolute Gasteiger partial charge is 0.497 e. The molecule has 2 aromatic carbocycles. The molecule has 0 aliphatic heterocycles. The summed E-state index contributed by atoms with van der Waals surface area (Å²) in [6.07, 6.45) is 5.49. The van der Waals surface area contributed by atoms with Crippen LogP contribution in [0.4, 0.5) is 5.69 Å². The molecule has 172 valence electrons. The second kappa shape index (κ2) is 10.3. The Hall–Kier alpha value is -3.74. The number of anilines is 1. The summed E-state index contributed by atoms with van der Waals surface area (Å²) >= 11 is 0. The van der Waals surface area contributed by atoms with Gasteiger partial charge in [0.1, 0.15) is 17.5 Å². The Balaban J connectivity index is 1.81. The minimum absolute atomic E-state index is 0.101. The lowest BCUT2D eigenvalue weighted by molar-refractivity contribution is -0.123. The van der Waals surface area contributed by atoms with Crippen LogP contribution in [0, 0.1) is 0 Å². The van der Waals surface area contributed by atoms with E-state index in [4.69, 9.17) is 13.9 Å². The van der Waals surface area contributed by atoms with Gasteiger partial charge in [0.15, 0.2) is 5.76 Å². The minimum atomic E-state index is -0.916. The van der Waals surface area contributed by atoms with E-state index in [-0.39, 0.29) is 17.7 Å². The van der Waals surface area contributed by atoms with Crippen molar-refractivity contribution in [2.24, 2.45) is 0 Å². The van der Waals surface area contributed by atoms with Crippen molar-refractivity contribution >= 4 is 17.5 Å². The van der Waals surface area contributed by atoms with Crippen molar-refractivity contribution in [3.63, 3.8) is 0 Å². The first-order valence-electron chi connectivity index (χ1n) is 11.1. The van der Waals surface area contributed by atoms with E-state index >= 15 is 0 Å². The van der Waals surface area contributed by atoms with E-state index in [1.165, 1.54) is 11.2 Å². The van der Waals surface area contributed by atoms with Crippen LogP contribution >= 0.6 is 0 Å². The Bertz CT molecular complexity index is 1070. The van der Waals surface area contributed by atoms with Gasteiger partial charge < -0.3 is 19.2 Å². The number of nitrogens with zero attached hydrogens (tertiary/aromatic N) is 1. The molecule has 0 bridgehead atoms. The average Bonchev–Trinajstić information content (AvgIpc) is 3.57. The number of hydrogen-bond acceptors (Lipinski definition) is 5. The van der Waals surface area contributed by atoms with Gasteiger partial charge in [-0.1, -0.05) is 31.0 Å². The number of amides is 2. The number of benzene rings is 2. The van der Waals surface area contributed by atoms with Gasteiger partial charge in [0, 0.05) is 17.8 Å². The molecule has 33 heavy (non-hydrogen) atoms. The van der Waals surface area contributed by atoms with Gasteiger partial charge >= 0.3 is 0 Å². The summed E-state index contributed by atoms with van der Waals surface area (Å²) in [6.45, 7) is 0. The zero-order valence-corrected chi connectivity index (χ0v) is 18.8. The number of furan rings is 1. The SMILES string of the molecule is COc1ccc([C@H](C(=O)NC2CCCC2)N(C(=O)c2ccco2)c2cccc(OC)c2)cc1. The summed E-state index contributed by atoms with van der Waals surface area (Å²) in [4.78, 5) is 28.8. The van der Waals surface area contributed by atoms with E-state index in [0.29, 0.717) is 22.7 Å². The molecule has 0 unspecified atom stereocenters. The van der Waals surface area contributed by atoms with Gasteiger partial charge in [0.25, 0.3) is 5.91 Å². The first-order chi connectivity index (χ1) is 16.1. The second-order valence-corrected chi connectivity index (χ2v) is 8.02. The predicted octanol–water partition coefficient (Wildman–Crippen LogP) is 4.74. The van der Waals surface area contributed by atoms with Crippen LogP contribution in [-0.2, 0) is 4.79 Å². The molecule has 1 saturated carbocycles. The molecule has 7 nitrogen and oxygen atoms in total. The van der Waals surface area contributed by atoms with Crippen molar-refractivity contribution < 1.29 is 23.5 Å². The van der Waals surface area contributed by atoms with Gasteiger partial charge in [0.05, 0.1) is 20.5 Å². The van der Waals surface area contributed by atoms with Crippen LogP contribution in [0.2, 0.25) is 0 Å². The highest BCUT2D eigenvalue weighted by Crippen LogP contribution is 2.33. The molecule has 3 aromatic rings. The molecule has 1 aliphatic rings. The van der Waals surface area contributed by atoms with E-state index in [1.54, 1.807) is 74.9 Å². The summed E-state index contributed by atoms with van der Waals surface area (Å²) in [5.41, 5.74) is 1.19. The molecule has 7 heteroatoms. The lowest BCUT2D eigenvalue weighted by atomic mass is 10.0. The monoisotopic (exact) mass is 448 g/mol. The van der Waals surface area contributed by atoms with Crippen LogP contribution in [0.1, 0.15) is 47.8 Å². The molecular weight excluding hydrogens is 420 g/mol. The molecule has 0 spiro atoms. The van der Waals surface area contributed by atoms with Crippen LogP contribution in [0.5, 0.6) is 11.5 Å². The third-order valence-corrected chi connectivity index (χ3v) is 5.92. The quantitative estimate of drug-likeness (QED) is 0.538. The number of nitrogens with one attached hydrogen (secondary N) is 1. The van der Waals surface area contributed by atoms with Crippen LogP contribution in [-0.4, -0.2) is 32.1 Å². The molecule has 2 amide bonds. The van der Waals surface area contributed by atoms with E-state index < -0.39 is 11.9 Å². The van der Waals surface area contributed by atoms with Crippen LogP contribution in [0.3, 0.4) is 0 Å². The van der Waals surface area contributed by atoms with Crippen molar-refractivity contribution in [3.05, 3.63) is 78.3 Å². The van der Waals surface area contributed by atoms with Crippen LogP contribution in [0.15, 0.2) is 71.3 Å². The molecule has 1 fully saturated rings. The highest BCUT2D eigenvalue weighted by atomic mass is 16.5. The number of carbonyl (C=O) groups is 2. The van der Waals surface area contributed by atoms with E-state index in [0.717, 1.165) is 25.7 Å². The Morgan fingerprint density at radius 1 is 0.970 bits per heavy atom. The maximum absolute atomic E-state index is 13.7. The first-order valence-corrected chi connectivity index (χ1v) is 11.1. The lowest BCUT2D eigenvalue weighted by Gasteiger charge is -2.32. The van der Waals surface area contributed by atoms with Gasteiger partial charge in [0.2, 0.25) is 5.91 Å². The normalized spacial score (nSPS) is 14.5. The highest BCUT2D eigenvalue weighted by molar-refractivity contribution is 6.08. The standard InChI is InChI=1S/C26H28N2O5/c1-31-21-14-12-18(13-15-21)24(25(29)27-19-7-3-4-8-19)28(26(30)23-11-6-16-33-23)20-9-5-10-22(17-20)32-2/h5-6,9-17,19,24H,3-4,7-8H2,1-2H3,(H,27,29)/t24-/m1/s1.